The highest BCUT2D eigenvalue weighted by Crippen LogP contribution is 2.35. The van der Waals surface area contributed by atoms with E-state index >= 15 is 0 Å². The van der Waals surface area contributed by atoms with Gasteiger partial charge in [0.05, 0.1) is 0 Å². The number of rotatable bonds is 3. The summed E-state index contributed by atoms with van der Waals surface area (Å²) in [5.41, 5.74) is 1.28. The van der Waals surface area contributed by atoms with E-state index in [2.05, 4.69) is 6.92 Å². The third-order valence-corrected chi connectivity index (χ3v) is 5.79. The van der Waals surface area contributed by atoms with E-state index in [9.17, 15) is 18.8 Å². The van der Waals surface area contributed by atoms with Crippen molar-refractivity contribution < 1.29 is 18.8 Å². The number of allylic oxidation sites excluding steroid dienone is 2. The Morgan fingerprint density at radius 3 is 2.10 bits per heavy atom. The summed E-state index contributed by atoms with van der Waals surface area (Å²) in [4.78, 5) is 42.9. The zero-order valence-electron chi connectivity index (χ0n) is 17.0. The van der Waals surface area contributed by atoms with Gasteiger partial charge in [0.1, 0.15) is 17.2 Å². The van der Waals surface area contributed by atoms with Crippen LogP contribution in [0.15, 0.2) is 59.9 Å². The molecule has 2 aromatic carbocycles. The van der Waals surface area contributed by atoms with Gasteiger partial charge in [0.15, 0.2) is 0 Å². The number of anilines is 1. The minimum atomic E-state index is -0.446. The number of halogens is 1. The molecule has 0 unspecified atom stereocenters. The standard InChI is InChI=1S/C24H23FN2O3/c1-15-11-13-26(14-12-15)21-22(24(30)20-6-4-3-5-19(20)23(21)29)27(16(2)28)18-9-7-17(25)8-10-18/h3-10,15H,11-14H2,1-2H3. The van der Waals surface area contributed by atoms with Crippen LogP contribution in [0.1, 0.15) is 47.4 Å². The quantitative estimate of drug-likeness (QED) is 0.767. The highest BCUT2D eigenvalue weighted by Gasteiger charge is 2.40. The van der Waals surface area contributed by atoms with Gasteiger partial charge in [-0.2, -0.15) is 0 Å². The number of likely N-dealkylation sites (tertiary alicyclic amines) is 1. The maximum Gasteiger partial charge on any atom is 0.228 e. The number of hydrogen-bond acceptors (Lipinski definition) is 4. The Balaban J connectivity index is 1.93. The largest absolute Gasteiger partial charge is 0.367 e. The summed E-state index contributed by atoms with van der Waals surface area (Å²) < 4.78 is 13.5. The Morgan fingerprint density at radius 2 is 1.53 bits per heavy atom. The second-order valence-corrected chi connectivity index (χ2v) is 7.90. The van der Waals surface area contributed by atoms with Gasteiger partial charge in [-0.3, -0.25) is 19.3 Å². The van der Waals surface area contributed by atoms with E-state index in [1.54, 1.807) is 24.3 Å². The molecule has 6 heteroatoms. The second-order valence-electron chi connectivity index (χ2n) is 7.90. The van der Waals surface area contributed by atoms with E-state index in [4.69, 9.17) is 0 Å². The molecule has 5 nitrogen and oxygen atoms in total. The van der Waals surface area contributed by atoms with Crippen molar-refractivity contribution in [3.8, 4) is 0 Å². The first kappa shape index (κ1) is 20.0. The zero-order chi connectivity index (χ0) is 21.4. The summed E-state index contributed by atoms with van der Waals surface area (Å²) >= 11 is 0. The van der Waals surface area contributed by atoms with Gasteiger partial charge in [0.25, 0.3) is 0 Å². The van der Waals surface area contributed by atoms with Gasteiger partial charge in [0, 0.05) is 36.8 Å². The van der Waals surface area contributed by atoms with Gasteiger partial charge >= 0.3 is 0 Å². The lowest BCUT2D eigenvalue weighted by Crippen LogP contribution is -2.44. The number of ketones is 2. The lowest BCUT2D eigenvalue weighted by Gasteiger charge is -2.38. The van der Waals surface area contributed by atoms with E-state index in [1.165, 1.54) is 36.1 Å². The summed E-state index contributed by atoms with van der Waals surface area (Å²) in [6.07, 6.45) is 1.80. The number of hydrogen-bond donors (Lipinski definition) is 0. The van der Waals surface area contributed by atoms with Crippen LogP contribution >= 0.6 is 0 Å². The molecule has 0 saturated carbocycles. The molecule has 0 atom stereocenters. The van der Waals surface area contributed by atoms with Crippen LogP contribution in [0.2, 0.25) is 0 Å². The molecule has 0 bridgehead atoms. The van der Waals surface area contributed by atoms with Gasteiger partial charge in [-0.1, -0.05) is 31.2 Å². The van der Waals surface area contributed by atoms with Gasteiger partial charge in [0.2, 0.25) is 17.5 Å². The molecule has 1 saturated heterocycles. The molecule has 154 valence electrons. The Kier molecular flexibility index (Phi) is 5.24. The van der Waals surface area contributed by atoms with Crippen LogP contribution in [0, 0.1) is 11.7 Å². The lowest BCUT2D eigenvalue weighted by atomic mass is 9.87. The van der Waals surface area contributed by atoms with Crippen LogP contribution in [0.5, 0.6) is 0 Å². The van der Waals surface area contributed by atoms with Gasteiger partial charge < -0.3 is 4.90 Å². The van der Waals surface area contributed by atoms with Crippen molar-refractivity contribution in [3.63, 3.8) is 0 Å². The van der Waals surface area contributed by atoms with Crippen molar-refractivity contribution in [2.75, 3.05) is 18.0 Å². The number of carbonyl (C=O) groups is 3. The van der Waals surface area contributed by atoms with Crippen LogP contribution in [0.25, 0.3) is 0 Å². The molecule has 2 aliphatic rings. The van der Waals surface area contributed by atoms with Crippen LogP contribution in [0.3, 0.4) is 0 Å². The number of amides is 1. The molecular weight excluding hydrogens is 383 g/mol. The predicted octanol–water partition coefficient (Wildman–Crippen LogP) is 4.20. The molecule has 1 aliphatic heterocycles. The number of benzene rings is 2. The molecule has 4 rings (SSSR count). The fraction of sp³-hybridized carbons (Fsp3) is 0.292. The maximum absolute atomic E-state index is 13.6. The first-order valence-corrected chi connectivity index (χ1v) is 10.1. The van der Waals surface area contributed by atoms with Gasteiger partial charge in [-0.05, 0) is 43.0 Å². The zero-order valence-corrected chi connectivity index (χ0v) is 17.0. The normalized spacial score (nSPS) is 17.2. The average molecular weight is 406 g/mol. The maximum atomic E-state index is 13.6. The van der Waals surface area contributed by atoms with Gasteiger partial charge in [-0.25, -0.2) is 4.39 Å². The minimum Gasteiger partial charge on any atom is -0.367 e. The molecule has 0 aromatic heterocycles. The molecule has 0 N–H and O–H groups in total. The van der Waals surface area contributed by atoms with Crippen LogP contribution in [0.4, 0.5) is 10.1 Å². The van der Waals surface area contributed by atoms with Crippen molar-refractivity contribution in [1.29, 1.82) is 0 Å². The topological polar surface area (TPSA) is 57.7 Å². The third kappa shape index (κ3) is 3.43. The van der Waals surface area contributed by atoms with Crippen LogP contribution in [-0.2, 0) is 4.79 Å². The fourth-order valence-corrected chi connectivity index (χ4v) is 4.14. The predicted molar refractivity (Wildman–Crippen MR) is 112 cm³/mol. The highest BCUT2D eigenvalue weighted by molar-refractivity contribution is 6.29. The van der Waals surface area contributed by atoms with Crippen molar-refractivity contribution in [1.82, 2.24) is 4.90 Å². The van der Waals surface area contributed by atoms with Crippen LogP contribution in [-0.4, -0.2) is 35.5 Å². The monoisotopic (exact) mass is 406 g/mol. The van der Waals surface area contributed by atoms with Crippen molar-refractivity contribution in [2.24, 2.45) is 5.92 Å². The summed E-state index contributed by atoms with van der Waals surface area (Å²) in [5, 5.41) is 0. The summed E-state index contributed by atoms with van der Waals surface area (Å²) in [6, 6.07) is 12.0. The van der Waals surface area contributed by atoms with E-state index in [0.717, 1.165) is 12.8 Å². The van der Waals surface area contributed by atoms with E-state index < -0.39 is 11.7 Å². The Bertz CT molecular complexity index is 1050. The summed E-state index contributed by atoms with van der Waals surface area (Å²) in [6.45, 7) is 4.77. The number of Topliss-reactive ketones (excluding diaryl/α,β-unsaturated/α-hetero) is 2. The smallest absolute Gasteiger partial charge is 0.228 e. The first-order chi connectivity index (χ1) is 14.4. The molecule has 1 amide bonds. The number of piperidine rings is 1. The fourth-order valence-electron chi connectivity index (χ4n) is 4.14. The molecule has 2 aromatic rings. The second kappa shape index (κ2) is 7.86. The van der Waals surface area contributed by atoms with Crippen molar-refractivity contribution >= 4 is 23.2 Å². The first-order valence-electron chi connectivity index (χ1n) is 10.1. The molecule has 1 aliphatic carbocycles. The molecular formula is C24H23FN2O3. The molecule has 1 heterocycles. The average Bonchev–Trinajstić information content (AvgIpc) is 2.74. The number of nitrogens with zero attached hydrogens (tertiary/aromatic N) is 2. The molecule has 0 radical (unpaired) electrons. The lowest BCUT2D eigenvalue weighted by molar-refractivity contribution is -0.116. The molecule has 0 spiro atoms. The minimum absolute atomic E-state index is 0.0485. The van der Waals surface area contributed by atoms with Crippen LogP contribution < -0.4 is 4.90 Å². The SMILES string of the molecule is CC(=O)N(C1=C(N2CCC(C)CC2)C(=O)c2ccccc2C1=O)c1ccc(F)cc1. The van der Waals surface area contributed by atoms with Crippen molar-refractivity contribution in [3.05, 3.63) is 76.9 Å². The number of fused-ring (bicyclic) bond motifs is 1. The summed E-state index contributed by atoms with van der Waals surface area (Å²) in [5.74, 6) is -0.965. The van der Waals surface area contributed by atoms with E-state index in [0.29, 0.717) is 30.3 Å². The Hall–Kier alpha value is -3.28. The number of carbonyl (C=O) groups excluding carboxylic acids is 3. The Morgan fingerprint density at radius 1 is 0.967 bits per heavy atom. The van der Waals surface area contributed by atoms with Crippen molar-refractivity contribution in [2.45, 2.75) is 26.7 Å². The van der Waals surface area contributed by atoms with Gasteiger partial charge in [-0.15, -0.1) is 0 Å². The van der Waals surface area contributed by atoms with E-state index in [-0.39, 0.29) is 28.5 Å². The Labute approximate surface area is 174 Å². The highest BCUT2D eigenvalue weighted by atomic mass is 19.1. The summed E-state index contributed by atoms with van der Waals surface area (Å²) in [7, 11) is 0. The van der Waals surface area contributed by atoms with E-state index in [1.807, 2.05) is 4.90 Å². The molecule has 1 fully saturated rings. The molecule has 30 heavy (non-hydrogen) atoms. The third-order valence-electron chi connectivity index (χ3n) is 5.79.